The highest BCUT2D eigenvalue weighted by atomic mass is 16.6. The summed E-state index contributed by atoms with van der Waals surface area (Å²) in [5.74, 6) is 0.128. The van der Waals surface area contributed by atoms with E-state index in [-0.39, 0.29) is 24.3 Å². The van der Waals surface area contributed by atoms with Crippen LogP contribution in [0.1, 0.15) is 25.5 Å². The fraction of sp³-hybridized carbons (Fsp3) is 0.467. The highest BCUT2D eigenvalue weighted by Gasteiger charge is 2.37. The van der Waals surface area contributed by atoms with E-state index in [2.05, 4.69) is 5.10 Å². The van der Waals surface area contributed by atoms with Gasteiger partial charge < -0.3 is 14.6 Å². The number of hydrogen-bond acceptors (Lipinski definition) is 7. The van der Waals surface area contributed by atoms with Gasteiger partial charge >= 0.3 is 6.09 Å². The molecular formula is C15H16N4O6. The van der Waals surface area contributed by atoms with Crippen LogP contribution in [0.15, 0.2) is 18.2 Å². The maximum Gasteiger partial charge on any atom is 0.418 e. The van der Waals surface area contributed by atoms with Gasteiger partial charge in [-0.2, -0.15) is 5.10 Å². The molecule has 2 saturated heterocycles. The van der Waals surface area contributed by atoms with E-state index in [4.69, 9.17) is 9.47 Å². The van der Waals surface area contributed by atoms with E-state index in [9.17, 15) is 20.0 Å². The molecule has 132 valence electrons. The summed E-state index contributed by atoms with van der Waals surface area (Å²) in [6, 6.07) is 4.30. The van der Waals surface area contributed by atoms with E-state index in [1.54, 1.807) is 10.7 Å². The third-order valence-corrected chi connectivity index (χ3v) is 4.39. The minimum atomic E-state index is -1.19. The zero-order valence-corrected chi connectivity index (χ0v) is 13.2. The SMILES string of the molecule is O=C1OCC(O)N1c1nn(C2CCCCO2)c2ccc([N+](=O)[O-])cc12. The summed E-state index contributed by atoms with van der Waals surface area (Å²) in [6.07, 6.45) is 0.441. The maximum absolute atomic E-state index is 12.0. The molecule has 1 aromatic heterocycles. The summed E-state index contributed by atoms with van der Waals surface area (Å²) in [7, 11) is 0. The van der Waals surface area contributed by atoms with Crippen LogP contribution in [0, 0.1) is 10.1 Å². The largest absolute Gasteiger partial charge is 0.444 e. The van der Waals surface area contributed by atoms with Crippen LogP contribution < -0.4 is 4.90 Å². The van der Waals surface area contributed by atoms with Gasteiger partial charge in [-0.15, -0.1) is 0 Å². The predicted molar refractivity (Wildman–Crippen MR) is 85.1 cm³/mol. The molecule has 2 atom stereocenters. The van der Waals surface area contributed by atoms with Gasteiger partial charge in [-0.3, -0.25) is 10.1 Å². The van der Waals surface area contributed by atoms with Gasteiger partial charge in [0, 0.05) is 18.7 Å². The Balaban J connectivity index is 1.89. The van der Waals surface area contributed by atoms with Crippen molar-refractivity contribution in [2.45, 2.75) is 31.7 Å². The Bertz CT molecular complexity index is 844. The van der Waals surface area contributed by atoms with E-state index in [0.717, 1.165) is 24.2 Å². The summed E-state index contributed by atoms with van der Waals surface area (Å²) in [4.78, 5) is 23.6. The van der Waals surface area contributed by atoms with Gasteiger partial charge in [0.2, 0.25) is 0 Å². The summed E-state index contributed by atoms with van der Waals surface area (Å²) >= 11 is 0. The number of aliphatic hydroxyl groups is 1. The lowest BCUT2D eigenvalue weighted by molar-refractivity contribution is -0.384. The molecule has 0 spiro atoms. The molecule has 10 heteroatoms. The molecule has 2 unspecified atom stereocenters. The summed E-state index contributed by atoms with van der Waals surface area (Å²) < 4.78 is 12.2. The molecule has 1 N–H and O–H groups in total. The third kappa shape index (κ3) is 2.59. The number of amides is 1. The molecular weight excluding hydrogens is 332 g/mol. The number of nitrogens with zero attached hydrogens (tertiary/aromatic N) is 4. The van der Waals surface area contributed by atoms with Gasteiger partial charge in [-0.1, -0.05) is 0 Å². The minimum absolute atomic E-state index is 0.125. The Morgan fingerprint density at radius 3 is 2.84 bits per heavy atom. The van der Waals surface area contributed by atoms with Crippen LogP contribution in [-0.4, -0.2) is 45.3 Å². The molecule has 0 aliphatic carbocycles. The highest BCUT2D eigenvalue weighted by molar-refractivity contribution is 6.01. The molecule has 2 aromatic rings. The standard InChI is InChI=1S/C15H16N4O6/c20-12-8-25-15(21)17(12)14-10-7-9(19(22)23)4-5-11(10)18(16-14)13-3-1-2-6-24-13/h4-5,7,12-13,20H,1-3,6,8H2. The predicted octanol–water partition coefficient (Wildman–Crippen LogP) is 1.92. The maximum atomic E-state index is 12.0. The van der Waals surface area contributed by atoms with Crippen molar-refractivity contribution < 1.29 is 24.3 Å². The monoisotopic (exact) mass is 348 g/mol. The average molecular weight is 348 g/mol. The van der Waals surface area contributed by atoms with Gasteiger partial charge in [0.05, 0.1) is 15.8 Å². The number of non-ortho nitro benzene ring substituents is 1. The van der Waals surface area contributed by atoms with Crippen LogP contribution in [0.3, 0.4) is 0 Å². The van der Waals surface area contributed by atoms with Crippen LogP contribution in [-0.2, 0) is 9.47 Å². The zero-order valence-electron chi connectivity index (χ0n) is 13.2. The van der Waals surface area contributed by atoms with Crippen molar-refractivity contribution in [3.05, 3.63) is 28.3 Å². The number of benzene rings is 1. The first-order chi connectivity index (χ1) is 12.1. The van der Waals surface area contributed by atoms with Gasteiger partial charge in [0.1, 0.15) is 6.61 Å². The second-order valence-electron chi connectivity index (χ2n) is 5.98. The van der Waals surface area contributed by atoms with Crippen LogP contribution in [0.2, 0.25) is 0 Å². The Hall–Kier alpha value is -2.72. The Labute approximate surface area is 141 Å². The number of aromatic nitrogens is 2. The number of cyclic esters (lactones) is 1. The molecule has 2 aliphatic heterocycles. The van der Waals surface area contributed by atoms with Crippen molar-refractivity contribution in [3.63, 3.8) is 0 Å². The van der Waals surface area contributed by atoms with E-state index in [0.29, 0.717) is 17.5 Å². The zero-order chi connectivity index (χ0) is 17.6. The smallest absolute Gasteiger partial charge is 0.418 e. The fourth-order valence-electron chi connectivity index (χ4n) is 3.18. The van der Waals surface area contributed by atoms with Crippen molar-refractivity contribution in [2.24, 2.45) is 0 Å². The van der Waals surface area contributed by atoms with E-state index >= 15 is 0 Å². The van der Waals surface area contributed by atoms with E-state index in [1.165, 1.54) is 12.1 Å². The lowest BCUT2D eigenvalue weighted by Gasteiger charge is -2.23. The fourth-order valence-corrected chi connectivity index (χ4v) is 3.18. The van der Waals surface area contributed by atoms with E-state index in [1.807, 2.05) is 0 Å². The molecule has 0 bridgehead atoms. The second-order valence-corrected chi connectivity index (χ2v) is 5.98. The number of nitro groups is 1. The second kappa shape index (κ2) is 5.97. The van der Waals surface area contributed by atoms with Crippen LogP contribution in [0.5, 0.6) is 0 Å². The highest BCUT2D eigenvalue weighted by Crippen LogP contribution is 2.35. The van der Waals surface area contributed by atoms with Crippen molar-refractivity contribution in [2.75, 3.05) is 18.1 Å². The molecule has 0 radical (unpaired) electrons. The molecule has 2 fully saturated rings. The Morgan fingerprint density at radius 1 is 1.36 bits per heavy atom. The number of aliphatic hydroxyl groups excluding tert-OH is 1. The molecule has 1 amide bonds. The summed E-state index contributed by atoms with van der Waals surface area (Å²) in [6.45, 7) is 0.421. The molecule has 3 heterocycles. The molecule has 0 saturated carbocycles. The molecule has 25 heavy (non-hydrogen) atoms. The molecule has 4 rings (SSSR count). The third-order valence-electron chi connectivity index (χ3n) is 4.39. The van der Waals surface area contributed by atoms with Crippen molar-refractivity contribution in [1.82, 2.24) is 9.78 Å². The number of rotatable bonds is 3. The van der Waals surface area contributed by atoms with Gasteiger partial charge in [0.25, 0.3) is 5.69 Å². The normalized spacial score (nSPS) is 23.9. The number of nitro benzene ring substituents is 1. The number of carbonyl (C=O) groups excluding carboxylic acids is 1. The Kier molecular flexibility index (Phi) is 3.77. The van der Waals surface area contributed by atoms with Crippen molar-refractivity contribution in [1.29, 1.82) is 0 Å². The Morgan fingerprint density at radius 2 is 2.20 bits per heavy atom. The van der Waals surface area contributed by atoms with Gasteiger partial charge in [0.15, 0.2) is 18.3 Å². The number of ether oxygens (including phenoxy) is 2. The number of fused-ring (bicyclic) bond motifs is 1. The van der Waals surface area contributed by atoms with Gasteiger partial charge in [-0.05, 0) is 25.3 Å². The molecule has 2 aliphatic rings. The summed E-state index contributed by atoms with van der Waals surface area (Å²) in [5, 5.41) is 26.0. The number of carbonyl (C=O) groups is 1. The van der Waals surface area contributed by atoms with Crippen LogP contribution >= 0.6 is 0 Å². The lowest BCUT2D eigenvalue weighted by atomic mass is 10.1. The lowest BCUT2D eigenvalue weighted by Crippen LogP contribution is -2.33. The average Bonchev–Trinajstić information content (AvgIpc) is 3.15. The first-order valence-electron chi connectivity index (χ1n) is 7.98. The molecule has 10 nitrogen and oxygen atoms in total. The minimum Gasteiger partial charge on any atom is -0.444 e. The van der Waals surface area contributed by atoms with Crippen molar-refractivity contribution in [3.8, 4) is 0 Å². The first-order valence-corrected chi connectivity index (χ1v) is 7.98. The topological polar surface area (TPSA) is 120 Å². The number of hydrogen-bond donors (Lipinski definition) is 1. The quantitative estimate of drug-likeness (QED) is 0.664. The summed E-state index contributed by atoms with van der Waals surface area (Å²) in [5.41, 5.74) is 0.472. The number of anilines is 1. The van der Waals surface area contributed by atoms with Crippen molar-refractivity contribution >= 4 is 28.5 Å². The van der Waals surface area contributed by atoms with Crippen LogP contribution in [0.4, 0.5) is 16.3 Å². The first kappa shape index (κ1) is 15.8. The van der Waals surface area contributed by atoms with E-state index < -0.39 is 17.2 Å². The van der Waals surface area contributed by atoms with Crippen LogP contribution in [0.25, 0.3) is 10.9 Å². The van der Waals surface area contributed by atoms with Gasteiger partial charge in [-0.25, -0.2) is 14.4 Å². The molecule has 1 aromatic carbocycles.